The number of aliphatic hydroxyl groups excluding tert-OH is 2. The molecule has 226 valence electrons. The predicted octanol–water partition coefficient (Wildman–Crippen LogP) is 2.43. The van der Waals surface area contributed by atoms with Gasteiger partial charge in [-0.1, -0.05) is 32.0 Å². The first-order valence-electron chi connectivity index (χ1n) is 14.1. The molecule has 11 nitrogen and oxygen atoms in total. The number of ether oxygens (including phenoxy) is 2. The average molecular weight is 591 g/mol. The van der Waals surface area contributed by atoms with Gasteiger partial charge in [-0.3, -0.25) is 14.4 Å². The molecule has 43 heavy (non-hydrogen) atoms. The van der Waals surface area contributed by atoms with E-state index in [9.17, 15) is 29.4 Å². The molecular formula is C32H34N2O9. The first-order valence-corrected chi connectivity index (χ1v) is 14.1. The van der Waals surface area contributed by atoms with Gasteiger partial charge < -0.3 is 34.3 Å². The van der Waals surface area contributed by atoms with E-state index >= 15 is 0 Å². The van der Waals surface area contributed by atoms with Gasteiger partial charge in [0.1, 0.15) is 29.6 Å². The Morgan fingerprint density at radius 3 is 2.65 bits per heavy atom. The molecule has 0 bridgehead atoms. The minimum atomic E-state index is -1.33. The van der Waals surface area contributed by atoms with Crippen molar-refractivity contribution in [3.05, 3.63) is 81.2 Å². The fourth-order valence-electron chi connectivity index (χ4n) is 5.71. The summed E-state index contributed by atoms with van der Waals surface area (Å²) in [7, 11) is 1.42. The zero-order chi connectivity index (χ0) is 30.8. The number of carbonyl (C=O) groups excluding carboxylic acids is 3. The van der Waals surface area contributed by atoms with Crippen LogP contribution in [0.4, 0.5) is 0 Å². The van der Waals surface area contributed by atoms with E-state index in [1.54, 1.807) is 30.3 Å². The zero-order valence-electron chi connectivity index (χ0n) is 24.1. The number of hydrogen-bond donors (Lipinski definition) is 3. The molecule has 1 aromatic heterocycles. The van der Waals surface area contributed by atoms with Crippen molar-refractivity contribution in [3.63, 3.8) is 0 Å². The Morgan fingerprint density at radius 2 is 1.95 bits per heavy atom. The fourth-order valence-corrected chi connectivity index (χ4v) is 5.71. The smallest absolute Gasteiger partial charge is 0.349 e. The van der Waals surface area contributed by atoms with Crippen LogP contribution >= 0.6 is 0 Å². The SMILES string of the molecule is COc1cc(C=O)cc2c1O[C@@H]1[C@@H](O)[C@H](N(CCC(C)C)C(=O)c3cc4ccccc4oc3=O)C=C(C(=O)NCCO)[C@H]21. The van der Waals surface area contributed by atoms with E-state index < -0.39 is 41.6 Å². The number of rotatable bonds is 10. The molecule has 2 aromatic carbocycles. The van der Waals surface area contributed by atoms with Gasteiger partial charge in [-0.25, -0.2) is 4.79 Å². The van der Waals surface area contributed by atoms with Gasteiger partial charge in [0, 0.05) is 35.2 Å². The number of benzene rings is 2. The van der Waals surface area contributed by atoms with Crippen molar-refractivity contribution in [1.82, 2.24) is 10.2 Å². The molecule has 3 aromatic rings. The van der Waals surface area contributed by atoms with Gasteiger partial charge in [0.05, 0.1) is 25.7 Å². The standard InChI is InChI=1S/C32H34N2O9/c1-17(2)8-10-34(31(39)22-14-19-6-4-5-7-24(19)42-32(22)40)23-15-21(30(38)33-9-11-35)26-20-12-18(16-36)13-25(41-3)28(20)43-29(26)27(23)37/h4-7,12-17,23,26-27,29,35,37H,8-11H2,1-3H3,(H,33,38)/t23-,26+,27+,29+/m1/s1. The van der Waals surface area contributed by atoms with E-state index in [1.807, 2.05) is 13.8 Å². The highest BCUT2D eigenvalue weighted by atomic mass is 16.5. The number of amides is 2. The molecule has 11 heteroatoms. The number of nitrogens with one attached hydrogen (secondary N) is 1. The summed E-state index contributed by atoms with van der Waals surface area (Å²) in [5, 5.41) is 24.4. The number of methoxy groups -OCH3 is 1. The highest BCUT2D eigenvalue weighted by molar-refractivity contribution is 5.99. The summed E-state index contributed by atoms with van der Waals surface area (Å²) in [5.74, 6) is -1.29. The summed E-state index contributed by atoms with van der Waals surface area (Å²) >= 11 is 0. The molecule has 2 aliphatic rings. The second-order valence-corrected chi connectivity index (χ2v) is 11.1. The monoisotopic (exact) mass is 590 g/mol. The number of para-hydroxylation sites is 1. The summed E-state index contributed by atoms with van der Waals surface area (Å²) in [6, 6.07) is 10.3. The number of aliphatic hydroxyl groups is 2. The second kappa shape index (κ2) is 12.4. The van der Waals surface area contributed by atoms with Crippen LogP contribution in [0.2, 0.25) is 0 Å². The number of aldehydes is 1. The Labute approximate surface area is 247 Å². The lowest BCUT2D eigenvalue weighted by molar-refractivity contribution is -0.118. The van der Waals surface area contributed by atoms with Crippen LogP contribution in [0.3, 0.4) is 0 Å². The van der Waals surface area contributed by atoms with Gasteiger partial charge in [0.25, 0.3) is 5.91 Å². The third-order valence-electron chi connectivity index (χ3n) is 7.85. The molecule has 2 heterocycles. The van der Waals surface area contributed by atoms with Crippen molar-refractivity contribution < 1.29 is 38.5 Å². The van der Waals surface area contributed by atoms with E-state index in [-0.39, 0.29) is 48.2 Å². The molecule has 1 aliphatic heterocycles. The van der Waals surface area contributed by atoms with Crippen LogP contribution in [-0.2, 0) is 4.79 Å². The van der Waals surface area contributed by atoms with Crippen molar-refractivity contribution in [2.75, 3.05) is 26.8 Å². The van der Waals surface area contributed by atoms with Crippen molar-refractivity contribution in [1.29, 1.82) is 0 Å². The predicted molar refractivity (Wildman–Crippen MR) is 156 cm³/mol. The minimum absolute atomic E-state index is 0.0275. The number of hydrogen-bond acceptors (Lipinski definition) is 9. The maximum atomic E-state index is 14.1. The lowest BCUT2D eigenvalue weighted by Gasteiger charge is -2.40. The Bertz CT molecular complexity index is 1640. The van der Waals surface area contributed by atoms with Gasteiger partial charge in [-0.05, 0) is 42.7 Å². The highest BCUT2D eigenvalue weighted by Gasteiger charge is 2.51. The van der Waals surface area contributed by atoms with E-state index in [1.165, 1.54) is 30.2 Å². The summed E-state index contributed by atoms with van der Waals surface area (Å²) in [6.07, 6.45) is 0.338. The molecule has 2 amide bonds. The van der Waals surface area contributed by atoms with Crippen LogP contribution in [0, 0.1) is 5.92 Å². The van der Waals surface area contributed by atoms with Crippen molar-refractivity contribution in [2.24, 2.45) is 5.92 Å². The molecule has 3 N–H and O–H groups in total. The summed E-state index contributed by atoms with van der Waals surface area (Å²) in [4.78, 5) is 53.7. The van der Waals surface area contributed by atoms with Gasteiger partial charge >= 0.3 is 5.63 Å². The second-order valence-electron chi connectivity index (χ2n) is 11.1. The summed E-state index contributed by atoms with van der Waals surface area (Å²) in [5.41, 5.74) is 0.270. The lowest BCUT2D eigenvalue weighted by atomic mass is 9.77. The molecule has 0 saturated carbocycles. The minimum Gasteiger partial charge on any atom is -0.493 e. The maximum Gasteiger partial charge on any atom is 0.349 e. The van der Waals surface area contributed by atoms with Crippen molar-refractivity contribution in [2.45, 2.75) is 44.4 Å². The quantitative estimate of drug-likeness (QED) is 0.238. The molecule has 0 saturated heterocycles. The highest BCUT2D eigenvalue weighted by Crippen LogP contribution is 2.51. The number of carbonyl (C=O) groups is 3. The first kappa shape index (κ1) is 30.0. The third-order valence-corrected chi connectivity index (χ3v) is 7.85. The molecule has 1 aliphatic carbocycles. The molecule has 5 rings (SSSR count). The van der Waals surface area contributed by atoms with Gasteiger partial charge in [0.15, 0.2) is 11.5 Å². The summed E-state index contributed by atoms with van der Waals surface area (Å²) < 4.78 is 17.1. The first-order chi connectivity index (χ1) is 20.7. The lowest BCUT2D eigenvalue weighted by Crippen LogP contribution is -2.56. The van der Waals surface area contributed by atoms with E-state index in [4.69, 9.17) is 13.9 Å². The normalized spacial score (nSPS) is 20.6. The number of fused-ring (bicyclic) bond motifs is 4. The Hall–Kier alpha value is -4.48. The van der Waals surface area contributed by atoms with Crippen LogP contribution in [0.5, 0.6) is 11.5 Å². The van der Waals surface area contributed by atoms with Crippen LogP contribution in [0.15, 0.2) is 63.3 Å². The maximum absolute atomic E-state index is 14.1. The Balaban J connectivity index is 1.63. The topological polar surface area (TPSA) is 156 Å². The van der Waals surface area contributed by atoms with Crippen LogP contribution in [0.1, 0.15) is 52.5 Å². The summed E-state index contributed by atoms with van der Waals surface area (Å²) in [6.45, 7) is 3.80. The average Bonchev–Trinajstić information content (AvgIpc) is 3.39. The molecular weight excluding hydrogens is 556 g/mol. The Morgan fingerprint density at radius 1 is 1.19 bits per heavy atom. The van der Waals surface area contributed by atoms with Gasteiger partial charge in [-0.15, -0.1) is 0 Å². The molecule has 0 fully saturated rings. The van der Waals surface area contributed by atoms with Crippen LogP contribution < -0.4 is 20.4 Å². The van der Waals surface area contributed by atoms with Gasteiger partial charge in [-0.2, -0.15) is 0 Å². The molecule has 0 unspecified atom stereocenters. The van der Waals surface area contributed by atoms with Crippen molar-refractivity contribution in [3.8, 4) is 11.5 Å². The largest absolute Gasteiger partial charge is 0.493 e. The van der Waals surface area contributed by atoms with Crippen LogP contribution in [-0.4, -0.2) is 78.3 Å². The molecule has 0 radical (unpaired) electrons. The molecule has 4 atom stereocenters. The zero-order valence-corrected chi connectivity index (χ0v) is 24.1. The van der Waals surface area contributed by atoms with Crippen molar-refractivity contribution >= 4 is 29.1 Å². The third kappa shape index (κ3) is 5.65. The van der Waals surface area contributed by atoms with Crippen LogP contribution in [0.25, 0.3) is 11.0 Å². The van der Waals surface area contributed by atoms with E-state index in [0.717, 1.165) is 0 Å². The van der Waals surface area contributed by atoms with E-state index in [2.05, 4.69) is 5.32 Å². The fraction of sp³-hybridized carbons (Fsp3) is 0.375. The molecule has 0 spiro atoms. The van der Waals surface area contributed by atoms with Gasteiger partial charge in [0.2, 0.25) is 5.91 Å². The Kier molecular flexibility index (Phi) is 8.65. The van der Waals surface area contributed by atoms with E-state index in [0.29, 0.717) is 34.8 Å². The number of nitrogens with zero attached hydrogens (tertiary/aromatic N) is 1.